The highest BCUT2D eigenvalue weighted by Gasteiger charge is 2.19. The number of aromatic amines is 1. The summed E-state index contributed by atoms with van der Waals surface area (Å²) in [5.41, 5.74) is 2.76. The van der Waals surface area contributed by atoms with Crippen LogP contribution in [0.4, 0.5) is 10.1 Å². The molecule has 1 aromatic heterocycles. The molecule has 5 heteroatoms. The molecule has 0 aliphatic carbocycles. The molecule has 4 nitrogen and oxygen atoms in total. The lowest BCUT2D eigenvalue weighted by molar-refractivity contribution is 0.623. The van der Waals surface area contributed by atoms with Gasteiger partial charge in [0.05, 0.1) is 5.69 Å². The standard InChI is InChI=1S/C18H18FN3O/c1-11-7-17(22-5-3-4-6-22)16(19)9-13(11)14-8-12(2)21-18(23)15(14)10-20/h7-9H,3-6H2,1-2H3,(H,21,23). The van der Waals surface area contributed by atoms with Crippen LogP contribution >= 0.6 is 0 Å². The molecule has 1 aliphatic heterocycles. The van der Waals surface area contributed by atoms with Crippen molar-refractivity contribution in [3.05, 3.63) is 51.2 Å². The number of nitrogens with one attached hydrogen (secondary N) is 1. The van der Waals surface area contributed by atoms with Crippen LogP contribution in [0.1, 0.15) is 29.7 Å². The first-order valence-electron chi connectivity index (χ1n) is 7.70. The molecule has 2 heterocycles. The molecule has 1 fully saturated rings. The van der Waals surface area contributed by atoms with Crippen LogP contribution in [0, 0.1) is 31.0 Å². The molecule has 0 amide bonds. The molecule has 2 aromatic rings. The van der Waals surface area contributed by atoms with E-state index in [9.17, 15) is 14.4 Å². The van der Waals surface area contributed by atoms with E-state index in [4.69, 9.17) is 0 Å². The second kappa shape index (κ2) is 5.88. The van der Waals surface area contributed by atoms with Crippen molar-refractivity contribution in [2.45, 2.75) is 26.7 Å². The van der Waals surface area contributed by atoms with Crippen molar-refractivity contribution >= 4 is 5.69 Å². The zero-order valence-electron chi connectivity index (χ0n) is 13.2. The summed E-state index contributed by atoms with van der Waals surface area (Å²) in [6.45, 7) is 5.36. The predicted octanol–water partition coefficient (Wildman–Crippen LogP) is 3.27. The van der Waals surface area contributed by atoms with Gasteiger partial charge in [-0.3, -0.25) is 4.79 Å². The maximum Gasteiger partial charge on any atom is 0.266 e. The molecule has 0 bridgehead atoms. The van der Waals surface area contributed by atoms with E-state index in [-0.39, 0.29) is 11.4 Å². The summed E-state index contributed by atoms with van der Waals surface area (Å²) in [4.78, 5) is 16.6. The van der Waals surface area contributed by atoms with Crippen molar-refractivity contribution in [1.29, 1.82) is 5.26 Å². The second-order valence-corrected chi connectivity index (χ2v) is 5.99. The van der Waals surface area contributed by atoms with Gasteiger partial charge in [0.1, 0.15) is 17.4 Å². The highest BCUT2D eigenvalue weighted by Crippen LogP contribution is 2.32. The number of benzene rings is 1. The molecule has 23 heavy (non-hydrogen) atoms. The quantitative estimate of drug-likeness (QED) is 0.926. The van der Waals surface area contributed by atoms with Crippen molar-refractivity contribution in [2.24, 2.45) is 0 Å². The lowest BCUT2D eigenvalue weighted by atomic mass is 9.96. The average Bonchev–Trinajstić information content (AvgIpc) is 3.02. The molecule has 1 aliphatic rings. The zero-order valence-corrected chi connectivity index (χ0v) is 13.2. The van der Waals surface area contributed by atoms with E-state index < -0.39 is 5.56 Å². The van der Waals surface area contributed by atoms with Crippen LogP contribution in [-0.4, -0.2) is 18.1 Å². The number of pyridine rings is 1. The third-order valence-electron chi connectivity index (χ3n) is 4.31. The van der Waals surface area contributed by atoms with E-state index in [0.29, 0.717) is 22.5 Å². The number of nitrogens with zero attached hydrogens (tertiary/aromatic N) is 2. The van der Waals surface area contributed by atoms with Crippen LogP contribution < -0.4 is 10.5 Å². The number of aromatic nitrogens is 1. The number of rotatable bonds is 2. The van der Waals surface area contributed by atoms with Gasteiger partial charge in [0, 0.05) is 24.3 Å². The van der Waals surface area contributed by atoms with E-state index >= 15 is 0 Å². The van der Waals surface area contributed by atoms with Crippen LogP contribution in [0.25, 0.3) is 11.1 Å². The van der Waals surface area contributed by atoms with Crippen LogP contribution in [0.2, 0.25) is 0 Å². The van der Waals surface area contributed by atoms with Gasteiger partial charge in [-0.25, -0.2) is 4.39 Å². The van der Waals surface area contributed by atoms with Gasteiger partial charge >= 0.3 is 0 Å². The Morgan fingerprint density at radius 3 is 2.52 bits per heavy atom. The molecule has 0 radical (unpaired) electrons. The van der Waals surface area contributed by atoms with Gasteiger partial charge in [-0.1, -0.05) is 0 Å². The van der Waals surface area contributed by atoms with Crippen molar-refractivity contribution in [3.8, 4) is 17.2 Å². The molecule has 1 N–H and O–H groups in total. The summed E-state index contributed by atoms with van der Waals surface area (Å²) < 4.78 is 14.6. The van der Waals surface area contributed by atoms with Crippen molar-refractivity contribution in [2.75, 3.05) is 18.0 Å². The number of hydrogen-bond acceptors (Lipinski definition) is 3. The van der Waals surface area contributed by atoms with E-state index in [0.717, 1.165) is 31.5 Å². The van der Waals surface area contributed by atoms with Gasteiger partial charge in [0.25, 0.3) is 5.56 Å². The van der Waals surface area contributed by atoms with Crippen molar-refractivity contribution in [3.63, 3.8) is 0 Å². The Hall–Kier alpha value is -2.61. The summed E-state index contributed by atoms with van der Waals surface area (Å²) in [5.74, 6) is -0.311. The number of anilines is 1. The Morgan fingerprint density at radius 2 is 1.87 bits per heavy atom. The lowest BCUT2D eigenvalue weighted by Gasteiger charge is -2.20. The Kier molecular flexibility index (Phi) is 3.91. The van der Waals surface area contributed by atoms with Gasteiger partial charge in [0.2, 0.25) is 0 Å². The number of aryl methyl sites for hydroxylation is 2. The summed E-state index contributed by atoms with van der Waals surface area (Å²) in [5, 5.41) is 9.27. The second-order valence-electron chi connectivity index (χ2n) is 5.99. The summed E-state index contributed by atoms with van der Waals surface area (Å²) in [6, 6.07) is 6.90. The molecule has 3 rings (SSSR count). The maximum absolute atomic E-state index is 14.6. The maximum atomic E-state index is 14.6. The fourth-order valence-corrected chi connectivity index (χ4v) is 3.17. The third kappa shape index (κ3) is 2.72. The molecule has 0 unspecified atom stereocenters. The molecule has 1 saturated heterocycles. The van der Waals surface area contributed by atoms with Crippen molar-refractivity contribution < 1.29 is 4.39 Å². The van der Waals surface area contributed by atoms with Gasteiger partial charge in [-0.2, -0.15) is 5.26 Å². The molecule has 0 saturated carbocycles. The van der Waals surface area contributed by atoms with Gasteiger partial charge in [0.15, 0.2) is 0 Å². The Bertz CT molecular complexity index is 858. The van der Waals surface area contributed by atoms with Crippen LogP contribution in [0.15, 0.2) is 23.0 Å². The summed E-state index contributed by atoms with van der Waals surface area (Å²) in [7, 11) is 0. The molecular formula is C18H18FN3O. The zero-order chi connectivity index (χ0) is 16.6. The first-order chi connectivity index (χ1) is 11.0. The molecule has 0 atom stereocenters. The van der Waals surface area contributed by atoms with Crippen LogP contribution in [-0.2, 0) is 0 Å². The smallest absolute Gasteiger partial charge is 0.266 e. The summed E-state index contributed by atoms with van der Waals surface area (Å²) >= 11 is 0. The van der Waals surface area contributed by atoms with Gasteiger partial charge in [-0.15, -0.1) is 0 Å². The highest BCUT2D eigenvalue weighted by molar-refractivity contribution is 5.75. The van der Waals surface area contributed by atoms with Crippen LogP contribution in [0.3, 0.4) is 0 Å². The van der Waals surface area contributed by atoms with Crippen LogP contribution in [0.5, 0.6) is 0 Å². The lowest BCUT2D eigenvalue weighted by Crippen LogP contribution is -2.19. The van der Waals surface area contributed by atoms with E-state index in [1.165, 1.54) is 6.07 Å². The first-order valence-corrected chi connectivity index (χ1v) is 7.70. The Labute approximate surface area is 134 Å². The van der Waals surface area contributed by atoms with Gasteiger partial charge < -0.3 is 9.88 Å². The first kappa shape index (κ1) is 15.3. The molecular weight excluding hydrogens is 293 g/mol. The van der Waals surface area contributed by atoms with E-state index in [2.05, 4.69) is 4.98 Å². The summed E-state index contributed by atoms with van der Waals surface area (Å²) in [6.07, 6.45) is 2.15. The SMILES string of the molecule is Cc1cc(-c2cc(F)c(N3CCCC3)cc2C)c(C#N)c(=O)[nH]1. The fraction of sp³-hybridized carbons (Fsp3) is 0.333. The minimum atomic E-state index is -0.439. The predicted molar refractivity (Wildman–Crippen MR) is 88.1 cm³/mol. The average molecular weight is 311 g/mol. The largest absolute Gasteiger partial charge is 0.369 e. The van der Waals surface area contributed by atoms with Gasteiger partial charge in [-0.05, 0) is 56.0 Å². The minimum Gasteiger partial charge on any atom is -0.369 e. The monoisotopic (exact) mass is 311 g/mol. The number of halogens is 1. The van der Waals surface area contributed by atoms with E-state index in [1.807, 2.05) is 24.0 Å². The minimum absolute atomic E-state index is 0.0204. The molecule has 118 valence electrons. The Balaban J connectivity index is 2.17. The Morgan fingerprint density at radius 1 is 1.17 bits per heavy atom. The number of H-pyrrole nitrogens is 1. The molecule has 1 aromatic carbocycles. The number of nitriles is 1. The normalized spacial score (nSPS) is 14.1. The topological polar surface area (TPSA) is 59.9 Å². The fourth-order valence-electron chi connectivity index (χ4n) is 3.17. The molecule has 0 spiro atoms. The van der Waals surface area contributed by atoms with E-state index in [1.54, 1.807) is 13.0 Å². The van der Waals surface area contributed by atoms with Crippen molar-refractivity contribution in [1.82, 2.24) is 4.98 Å². The third-order valence-corrected chi connectivity index (χ3v) is 4.31. The number of hydrogen-bond donors (Lipinski definition) is 1. The highest BCUT2D eigenvalue weighted by atomic mass is 19.1.